The summed E-state index contributed by atoms with van der Waals surface area (Å²) < 4.78 is 0. The fourth-order valence-electron chi connectivity index (χ4n) is 0.259. The summed E-state index contributed by atoms with van der Waals surface area (Å²) in [4.78, 5) is 13.4. The molecule has 0 aromatic heterocycles. The summed E-state index contributed by atoms with van der Waals surface area (Å²) in [6.45, 7) is 2.60. The minimum atomic E-state index is -0.660. The summed E-state index contributed by atoms with van der Waals surface area (Å²) in [5.41, 5.74) is 0. The predicted molar refractivity (Wildman–Crippen MR) is 34.4 cm³/mol. The van der Waals surface area contributed by atoms with Gasteiger partial charge >= 0.3 is 35.5 Å². The third kappa shape index (κ3) is 8.39. The molecule has 0 aliphatic carbocycles. The Morgan fingerprint density at radius 3 is 2.67 bits per heavy atom. The van der Waals surface area contributed by atoms with Crippen molar-refractivity contribution in [1.29, 1.82) is 0 Å². The molecule has 0 rings (SSSR count). The minimum absolute atomic E-state index is 0. The average molecular weight is 143 g/mol. The van der Waals surface area contributed by atoms with Crippen LogP contribution in [0.5, 0.6) is 0 Å². The molecule has 0 aliphatic rings. The molecule has 0 amide bonds. The van der Waals surface area contributed by atoms with E-state index in [0.717, 1.165) is 0 Å². The van der Waals surface area contributed by atoms with Crippen molar-refractivity contribution in [2.24, 2.45) is 0 Å². The predicted octanol–water partition coefficient (Wildman–Crippen LogP) is -1.04. The molecule has 0 spiro atoms. The normalized spacial score (nSPS) is 7.78. The molecule has 5 heteroatoms. The van der Waals surface area contributed by atoms with Gasteiger partial charge in [-0.3, -0.25) is 4.89 Å². The van der Waals surface area contributed by atoms with E-state index in [-0.39, 0.29) is 36.1 Å². The molecular weight excluding hydrogens is 133 g/mol. The molecule has 50 valence electrons. The Hall–Kier alpha value is 0.390. The number of hydrogen-bond acceptors (Lipinski definition) is 4. The van der Waals surface area contributed by atoms with Crippen molar-refractivity contribution >= 4 is 35.5 Å². The van der Waals surface area contributed by atoms with Crippen LogP contribution in [0.2, 0.25) is 0 Å². The van der Waals surface area contributed by atoms with Gasteiger partial charge in [0.15, 0.2) is 0 Å². The topological polar surface area (TPSA) is 58.6 Å². The fraction of sp³-hybridized carbons (Fsp3) is 0.750. The third-order valence-electron chi connectivity index (χ3n) is 0.621. The molecule has 0 radical (unpaired) electrons. The van der Waals surface area contributed by atoms with E-state index in [9.17, 15) is 4.79 Å². The van der Waals surface area contributed by atoms with E-state index in [2.05, 4.69) is 10.2 Å². The van der Waals surface area contributed by atoms with Crippen LogP contribution in [0.4, 0.5) is 0 Å². The first-order chi connectivity index (χ1) is 3.81. The molecule has 0 heterocycles. The van der Waals surface area contributed by atoms with Crippen molar-refractivity contribution in [3.05, 3.63) is 0 Å². The third-order valence-corrected chi connectivity index (χ3v) is 0.621. The van der Waals surface area contributed by atoms with E-state index >= 15 is 0 Å². The first-order valence-electron chi connectivity index (χ1n) is 2.36. The summed E-state index contributed by atoms with van der Waals surface area (Å²) >= 11 is 0. The van der Waals surface area contributed by atoms with Gasteiger partial charge in [0.1, 0.15) is 0 Å². The molecule has 2 N–H and O–H groups in total. The van der Waals surface area contributed by atoms with Crippen LogP contribution in [0.25, 0.3) is 0 Å². The van der Waals surface area contributed by atoms with Crippen LogP contribution in [0.1, 0.15) is 6.92 Å². The molecule has 0 fully saturated rings. The quantitative estimate of drug-likeness (QED) is 0.301. The Balaban J connectivity index is 0. The Labute approximate surface area is 75.8 Å². The monoisotopic (exact) mass is 143 g/mol. The number of carbonyl (C=O) groups excluding carboxylic acids is 1. The van der Waals surface area contributed by atoms with Crippen molar-refractivity contribution in [2.45, 2.75) is 6.92 Å². The molecule has 0 unspecified atom stereocenters. The van der Waals surface area contributed by atoms with Crippen LogP contribution in [-0.4, -0.2) is 53.9 Å². The number of carbonyl (C=O) groups is 1. The standard InChI is InChI=1S/C4H9NO3.Na.H/c1-2-5-3-4(6)8-7;;/h5,7H,2-3H2,1H3;;. The van der Waals surface area contributed by atoms with Crippen molar-refractivity contribution in [3.63, 3.8) is 0 Å². The number of likely N-dealkylation sites (N-methyl/N-ethyl adjacent to an activating group) is 1. The number of nitrogens with one attached hydrogen (secondary N) is 1. The number of hydrogen-bond donors (Lipinski definition) is 2. The average Bonchev–Trinajstić information content (AvgIpc) is 1.83. The first-order valence-corrected chi connectivity index (χ1v) is 2.36. The summed E-state index contributed by atoms with van der Waals surface area (Å²) in [6.07, 6.45) is 0. The molecule has 0 saturated carbocycles. The molecule has 0 aromatic rings. The Morgan fingerprint density at radius 1 is 1.78 bits per heavy atom. The van der Waals surface area contributed by atoms with E-state index in [4.69, 9.17) is 5.26 Å². The molecule has 9 heavy (non-hydrogen) atoms. The number of rotatable bonds is 3. The zero-order chi connectivity index (χ0) is 6.41. The van der Waals surface area contributed by atoms with E-state index in [0.29, 0.717) is 6.54 Å². The summed E-state index contributed by atoms with van der Waals surface area (Å²) in [6, 6.07) is 0. The van der Waals surface area contributed by atoms with Crippen molar-refractivity contribution in [3.8, 4) is 0 Å². The van der Waals surface area contributed by atoms with Crippen molar-refractivity contribution < 1.29 is 14.9 Å². The van der Waals surface area contributed by atoms with Crippen molar-refractivity contribution in [1.82, 2.24) is 5.32 Å². The van der Waals surface area contributed by atoms with E-state index in [1.165, 1.54) is 0 Å². The van der Waals surface area contributed by atoms with Gasteiger partial charge in [0.05, 0.1) is 6.54 Å². The van der Waals surface area contributed by atoms with E-state index < -0.39 is 5.97 Å². The van der Waals surface area contributed by atoms with Crippen LogP contribution in [0, 0.1) is 0 Å². The van der Waals surface area contributed by atoms with Gasteiger partial charge < -0.3 is 5.32 Å². The van der Waals surface area contributed by atoms with Gasteiger partial charge in [0, 0.05) is 0 Å². The molecule has 0 bridgehead atoms. The van der Waals surface area contributed by atoms with Crippen LogP contribution >= 0.6 is 0 Å². The van der Waals surface area contributed by atoms with Crippen molar-refractivity contribution in [2.75, 3.05) is 13.1 Å². The van der Waals surface area contributed by atoms with Crippen LogP contribution in [-0.2, 0) is 9.68 Å². The van der Waals surface area contributed by atoms with Gasteiger partial charge in [-0.2, -0.15) is 5.26 Å². The van der Waals surface area contributed by atoms with Gasteiger partial charge in [-0.15, -0.1) is 0 Å². The van der Waals surface area contributed by atoms with Crippen LogP contribution in [0.15, 0.2) is 0 Å². The van der Waals surface area contributed by atoms with Gasteiger partial charge in [-0.1, -0.05) is 6.92 Å². The first kappa shape index (κ1) is 12.1. The molecule has 0 aromatic carbocycles. The molecule has 0 saturated heterocycles. The van der Waals surface area contributed by atoms with Crippen LogP contribution in [0.3, 0.4) is 0 Å². The molecular formula is C4H10NNaO3. The van der Waals surface area contributed by atoms with Gasteiger partial charge in [-0.05, 0) is 6.54 Å². The molecule has 0 aliphatic heterocycles. The second kappa shape index (κ2) is 8.39. The van der Waals surface area contributed by atoms with Gasteiger partial charge in [0.2, 0.25) is 0 Å². The van der Waals surface area contributed by atoms with Gasteiger partial charge in [-0.25, -0.2) is 4.79 Å². The second-order valence-corrected chi connectivity index (χ2v) is 1.24. The van der Waals surface area contributed by atoms with Gasteiger partial charge in [0.25, 0.3) is 0 Å². The Kier molecular flexibility index (Phi) is 11.3. The summed E-state index contributed by atoms with van der Waals surface area (Å²) in [5, 5.41) is 10.3. The Bertz CT molecular complexity index is 78.2. The van der Waals surface area contributed by atoms with E-state index in [1.54, 1.807) is 0 Å². The molecule has 4 nitrogen and oxygen atoms in total. The van der Waals surface area contributed by atoms with E-state index in [1.807, 2.05) is 6.92 Å². The maximum absolute atomic E-state index is 10.0. The fourth-order valence-corrected chi connectivity index (χ4v) is 0.259. The summed E-state index contributed by atoms with van der Waals surface area (Å²) in [7, 11) is 0. The zero-order valence-corrected chi connectivity index (χ0v) is 4.68. The maximum atomic E-state index is 10.0. The SMILES string of the molecule is CCNCC(=O)OO.[NaH]. The Morgan fingerprint density at radius 2 is 2.33 bits per heavy atom. The van der Waals surface area contributed by atoms with Crippen LogP contribution < -0.4 is 5.32 Å². The zero-order valence-electron chi connectivity index (χ0n) is 4.68. The molecule has 0 atom stereocenters. The summed E-state index contributed by atoms with van der Waals surface area (Å²) in [5.74, 6) is -0.660. The second-order valence-electron chi connectivity index (χ2n) is 1.24.